The van der Waals surface area contributed by atoms with E-state index in [1.54, 1.807) is 0 Å². The smallest absolute Gasteiger partial charge is 0.394 e. The molecule has 1 heterocycles. The number of alkyl halides is 3. The zero-order valence-corrected chi connectivity index (χ0v) is 11.0. The van der Waals surface area contributed by atoms with Gasteiger partial charge in [0.25, 0.3) is 0 Å². The molecule has 0 radical (unpaired) electrons. The van der Waals surface area contributed by atoms with Crippen LogP contribution in [0.3, 0.4) is 0 Å². The third-order valence-electron chi connectivity index (χ3n) is 2.46. The maximum Gasteiger partial charge on any atom is 0.416 e. The standard InChI is InChI=1S/C11H11F3N4OS/c12-11(13,14)9-3-1-8(2-4-9)7-20-10-15-16-17-18(10)5-6-19/h1-4,19H,5-7H2. The topological polar surface area (TPSA) is 63.8 Å². The molecular formula is C11H11F3N4OS. The molecule has 0 atom stereocenters. The summed E-state index contributed by atoms with van der Waals surface area (Å²) >= 11 is 1.29. The van der Waals surface area contributed by atoms with E-state index >= 15 is 0 Å². The molecule has 1 aromatic heterocycles. The van der Waals surface area contributed by atoms with Gasteiger partial charge in [-0.2, -0.15) is 13.2 Å². The van der Waals surface area contributed by atoms with Gasteiger partial charge in [0.1, 0.15) is 0 Å². The zero-order chi connectivity index (χ0) is 14.6. The number of halogens is 3. The monoisotopic (exact) mass is 304 g/mol. The van der Waals surface area contributed by atoms with Crippen molar-refractivity contribution in [2.45, 2.75) is 23.6 Å². The van der Waals surface area contributed by atoms with Crippen LogP contribution >= 0.6 is 11.8 Å². The number of rotatable bonds is 5. The third kappa shape index (κ3) is 3.70. The summed E-state index contributed by atoms with van der Waals surface area (Å²) in [7, 11) is 0. The van der Waals surface area contributed by atoms with Gasteiger partial charge in [-0.1, -0.05) is 23.9 Å². The highest BCUT2D eigenvalue weighted by Crippen LogP contribution is 2.30. The highest BCUT2D eigenvalue weighted by molar-refractivity contribution is 7.98. The van der Waals surface area contributed by atoms with Gasteiger partial charge in [-0.05, 0) is 28.1 Å². The molecule has 0 saturated heterocycles. The van der Waals surface area contributed by atoms with E-state index in [4.69, 9.17) is 5.11 Å². The van der Waals surface area contributed by atoms with Crippen molar-refractivity contribution in [1.82, 2.24) is 20.2 Å². The Hall–Kier alpha value is -1.61. The van der Waals surface area contributed by atoms with Crippen molar-refractivity contribution in [2.24, 2.45) is 0 Å². The zero-order valence-electron chi connectivity index (χ0n) is 10.2. The fourth-order valence-electron chi connectivity index (χ4n) is 1.47. The summed E-state index contributed by atoms with van der Waals surface area (Å²) in [6.07, 6.45) is -4.32. The second kappa shape index (κ2) is 6.23. The summed E-state index contributed by atoms with van der Waals surface area (Å²) < 4.78 is 38.7. The van der Waals surface area contributed by atoms with Gasteiger partial charge >= 0.3 is 6.18 Å². The van der Waals surface area contributed by atoms with E-state index in [2.05, 4.69) is 15.5 Å². The lowest BCUT2D eigenvalue weighted by atomic mass is 10.1. The number of aliphatic hydroxyl groups excluding tert-OH is 1. The number of tetrazole rings is 1. The van der Waals surface area contributed by atoms with Crippen LogP contribution in [0.2, 0.25) is 0 Å². The maximum atomic E-state index is 12.4. The van der Waals surface area contributed by atoms with Crippen molar-refractivity contribution in [1.29, 1.82) is 0 Å². The number of benzene rings is 1. The lowest BCUT2D eigenvalue weighted by Crippen LogP contribution is -2.06. The average molecular weight is 304 g/mol. The van der Waals surface area contributed by atoms with E-state index in [1.165, 1.54) is 28.6 Å². The molecule has 0 amide bonds. The van der Waals surface area contributed by atoms with Crippen molar-refractivity contribution in [2.75, 3.05) is 6.61 Å². The Labute approximate surface area is 116 Å². The molecule has 1 N–H and O–H groups in total. The third-order valence-corrected chi connectivity index (χ3v) is 3.49. The fourth-order valence-corrected chi connectivity index (χ4v) is 2.33. The first-order chi connectivity index (χ1) is 9.50. The van der Waals surface area contributed by atoms with Crippen LogP contribution in [0.15, 0.2) is 29.4 Å². The van der Waals surface area contributed by atoms with Gasteiger partial charge in [0.05, 0.1) is 18.7 Å². The van der Waals surface area contributed by atoms with Gasteiger partial charge in [0.2, 0.25) is 5.16 Å². The molecule has 0 aliphatic heterocycles. The van der Waals surface area contributed by atoms with E-state index in [1.807, 2.05) is 0 Å². The maximum absolute atomic E-state index is 12.4. The summed E-state index contributed by atoms with van der Waals surface area (Å²) in [5.74, 6) is 0.448. The Morgan fingerprint density at radius 2 is 1.90 bits per heavy atom. The van der Waals surface area contributed by atoms with E-state index in [0.29, 0.717) is 10.9 Å². The molecule has 2 aromatic rings. The Morgan fingerprint density at radius 3 is 2.50 bits per heavy atom. The summed E-state index contributed by atoms with van der Waals surface area (Å²) in [6, 6.07) is 4.95. The molecule has 0 bridgehead atoms. The molecule has 20 heavy (non-hydrogen) atoms. The number of thioether (sulfide) groups is 1. The lowest BCUT2D eigenvalue weighted by Gasteiger charge is -2.07. The van der Waals surface area contributed by atoms with Crippen LogP contribution in [0, 0.1) is 0 Å². The van der Waals surface area contributed by atoms with Crippen molar-refractivity contribution < 1.29 is 18.3 Å². The molecule has 0 unspecified atom stereocenters. The van der Waals surface area contributed by atoms with Crippen LogP contribution < -0.4 is 0 Å². The van der Waals surface area contributed by atoms with Crippen molar-refractivity contribution >= 4 is 11.8 Å². The van der Waals surface area contributed by atoms with Crippen molar-refractivity contribution in [3.63, 3.8) is 0 Å². The highest BCUT2D eigenvalue weighted by atomic mass is 32.2. The second-order valence-corrected chi connectivity index (χ2v) is 4.83. The van der Waals surface area contributed by atoms with Crippen molar-refractivity contribution in [3.8, 4) is 0 Å². The van der Waals surface area contributed by atoms with E-state index in [0.717, 1.165) is 17.7 Å². The van der Waals surface area contributed by atoms with Gasteiger partial charge in [-0.15, -0.1) is 5.10 Å². The van der Waals surface area contributed by atoms with Gasteiger partial charge in [0, 0.05) is 5.75 Å². The van der Waals surface area contributed by atoms with Gasteiger partial charge in [0.15, 0.2) is 0 Å². The normalized spacial score (nSPS) is 11.8. The summed E-state index contributed by atoms with van der Waals surface area (Å²) in [4.78, 5) is 0. The summed E-state index contributed by atoms with van der Waals surface area (Å²) in [5.41, 5.74) is 0.0675. The molecule has 108 valence electrons. The lowest BCUT2D eigenvalue weighted by molar-refractivity contribution is -0.137. The molecule has 1 aromatic carbocycles. The Balaban J connectivity index is 1.99. The molecule has 5 nitrogen and oxygen atoms in total. The largest absolute Gasteiger partial charge is 0.416 e. The minimum atomic E-state index is -4.32. The number of hydrogen-bond donors (Lipinski definition) is 1. The fraction of sp³-hybridized carbons (Fsp3) is 0.364. The molecule has 9 heteroatoms. The highest BCUT2D eigenvalue weighted by Gasteiger charge is 2.29. The van der Waals surface area contributed by atoms with Gasteiger partial charge in [-0.25, -0.2) is 4.68 Å². The van der Waals surface area contributed by atoms with Crippen LogP contribution in [0.25, 0.3) is 0 Å². The molecule has 0 aliphatic carbocycles. The Kier molecular flexibility index (Phi) is 4.61. The number of aliphatic hydroxyl groups is 1. The average Bonchev–Trinajstić information content (AvgIpc) is 2.84. The van der Waals surface area contributed by atoms with Crippen LogP contribution in [0.5, 0.6) is 0 Å². The van der Waals surface area contributed by atoms with Crippen LogP contribution in [-0.2, 0) is 18.5 Å². The first kappa shape index (κ1) is 14.8. The van der Waals surface area contributed by atoms with E-state index in [9.17, 15) is 13.2 Å². The van der Waals surface area contributed by atoms with Crippen LogP contribution in [-0.4, -0.2) is 31.9 Å². The number of hydrogen-bond acceptors (Lipinski definition) is 5. The van der Waals surface area contributed by atoms with Crippen LogP contribution in [0.1, 0.15) is 11.1 Å². The first-order valence-corrected chi connectivity index (χ1v) is 6.65. The quantitative estimate of drug-likeness (QED) is 0.856. The molecule has 2 rings (SSSR count). The summed E-state index contributed by atoms with van der Waals surface area (Å²) in [5, 5.41) is 20.3. The first-order valence-electron chi connectivity index (χ1n) is 5.66. The molecule has 0 spiro atoms. The predicted octanol–water partition coefficient (Wildman–Crippen LogP) is 1.98. The van der Waals surface area contributed by atoms with E-state index < -0.39 is 11.7 Å². The van der Waals surface area contributed by atoms with Crippen LogP contribution in [0.4, 0.5) is 13.2 Å². The second-order valence-electron chi connectivity index (χ2n) is 3.89. The van der Waals surface area contributed by atoms with Gasteiger partial charge < -0.3 is 5.11 Å². The predicted molar refractivity (Wildman–Crippen MR) is 65.9 cm³/mol. The van der Waals surface area contributed by atoms with Crippen molar-refractivity contribution in [3.05, 3.63) is 35.4 Å². The Bertz CT molecular complexity index is 556. The van der Waals surface area contributed by atoms with E-state index in [-0.39, 0.29) is 13.2 Å². The molecular weight excluding hydrogens is 293 g/mol. The Morgan fingerprint density at radius 1 is 1.20 bits per heavy atom. The molecule has 0 fully saturated rings. The molecule has 0 saturated carbocycles. The number of nitrogens with zero attached hydrogens (tertiary/aromatic N) is 4. The SMILES string of the molecule is OCCn1nnnc1SCc1ccc(C(F)(F)F)cc1. The molecule has 0 aliphatic rings. The minimum Gasteiger partial charge on any atom is -0.394 e. The van der Waals surface area contributed by atoms with Gasteiger partial charge in [-0.3, -0.25) is 0 Å². The number of aromatic nitrogens is 4. The summed E-state index contributed by atoms with van der Waals surface area (Å²) in [6.45, 7) is 0.196. The minimum absolute atomic E-state index is 0.0844.